The summed E-state index contributed by atoms with van der Waals surface area (Å²) >= 11 is 0. The molecule has 0 aliphatic heterocycles. The van der Waals surface area contributed by atoms with Gasteiger partial charge in [-0.05, 0) is 162 Å². The van der Waals surface area contributed by atoms with Gasteiger partial charge in [0.25, 0.3) is 0 Å². The number of fused-ring (bicyclic) bond motifs is 7. The van der Waals surface area contributed by atoms with Crippen LogP contribution in [0.5, 0.6) is 0 Å². The highest BCUT2D eigenvalue weighted by Crippen LogP contribution is 2.61. The van der Waals surface area contributed by atoms with Crippen LogP contribution in [0.2, 0.25) is 0 Å². The summed E-state index contributed by atoms with van der Waals surface area (Å²) in [7, 11) is 0. The fourth-order valence-electron chi connectivity index (χ4n) is 12.0. The first-order valence-corrected chi connectivity index (χ1v) is 22.2. The van der Waals surface area contributed by atoms with Gasteiger partial charge in [-0.1, -0.05) is 136 Å². The van der Waals surface area contributed by atoms with E-state index in [1.807, 2.05) is 0 Å². The highest BCUT2D eigenvalue weighted by molar-refractivity contribution is 5.92. The van der Waals surface area contributed by atoms with Gasteiger partial charge in [-0.25, -0.2) is 0 Å². The van der Waals surface area contributed by atoms with Crippen LogP contribution in [0, 0.1) is 6.92 Å². The smallest absolute Gasteiger partial charge is 0.0505 e. The van der Waals surface area contributed by atoms with Crippen molar-refractivity contribution in [1.82, 2.24) is 0 Å². The number of hydrogen-bond acceptors (Lipinski definition) is 2. The third kappa shape index (κ3) is 5.66. The molecule has 59 heavy (non-hydrogen) atoms. The number of hydrogen-bond donors (Lipinski definition) is 0. The van der Waals surface area contributed by atoms with Crippen LogP contribution in [0.4, 0.5) is 34.1 Å². The number of aryl methyl sites for hydroxylation is 2. The van der Waals surface area contributed by atoms with Gasteiger partial charge in [0, 0.05) is 33.6 Å². The van der Waals surface area contributed by atoms with E-state index in [-0.39, 0.29) is 10.8 Å². The molecule has 7 aromatic rings. The van der Waals surface area contributed by atoms with Crippen LogP contribution in [-0.4, -0.2) is 0 Å². The van der Waals surface area contributed by atoms with E-state index in [4.69, 9.17) is 0 Å². The number of para-hydroxylation sites is 2. The SMILES string of the molecule is Cc1c(N(c2ccc(C3CCCCC3)cc2)c2cccc3c2[C@]2(CCc4cccc(N(c5ccccc5)c5ccccc5)c42)CC3)ccc2c1-c1ccccc1C2(C)C. The lowest BCUT2D eigenvalue weighted by Crippen LogP contribution is -2.27. The number of benzene rings is 7. The monoisotopic (exact) mass is 766 g/mol. The number of rotatable bonds is 7. The maximum Gasteiger partial charge on any atom is 0.0505 e. The number of nitrogens with zero attached hydrogens (tertiary/aromatic N) is 2. The lowest BCUT2D eigenvalue weighted by atomic mass is 9.74. The summed E-state index contributed by atoms with van der Waals surface area (Å²) in [4.78, 5) is 5.17. The highest BCUT2D eigenvalue weighted by atomic mass is 15.2. The van der Waals surface area contributed by atoms with E-state index in [1.54, 1.807) is 0 Å². The van der Waals surface area contributed by atoms with Crippen molar-refractivity contribution >= 4 is 34.1 Å². The lowest BCUT2D eigenvalue weighted by Gasteiger charge is -2.38. The molecule has 11 rings (SSSR count). The molecule has 0 radical (unpaired) electrons. The standard InChI is InChI=1S/C57H54N2/c1-39-50(34-33-49-53(39)47-25-13-14-26-48(47)56(49,2)3)59(46-31-29-41(30-32-46)40-17-7-4-8-18-40)52-28-16-20-43-36-38-57(55(43)52)37-35-42-19-15-27-51(54(42)57)58(44-21-9-5-10-22-44)45-23-11-6-12-24-45/h5-6,9-16,19-34,40H,4,7-8,17-18,35-38H2,1-3H3/t57-/m1/s1. The predicted octanol–water partition coefficient (Wildman–Crippen LogP) is 15.5. The Bertz CT molecular complexity index is 2640. The van der Waals surface area contributed by atoms with Crippen LogP contribution in [-0.2, 0) is 23.7 Å². The van der Waals surface area contributed by atoms with Crippen LogP contribution in [0.3, 0.4) is 0 Å². The molecule has 0 amide bonds. The minimum absolute atomic E-state index is 0.0485. The van der Waals surface area contributed by atoms with Gasteiger partial charge in [0.05, 0.1) is 11.4 Å². The molecule has 0 aromatic heterocycles. The Morgan fingerprint density at radius 3 is 1.66 bits per heavy atom. The van der Waals surface area contributed by atoms with E-state index in [9.17, 15) is 0 Å². The van der Waals surface area contributed by atoms with Crippen molar-refractivity contribution in [3.8, 4) is 11.1 Å². The molecular formula is C57H54N2. The third-order valence-corrected chi connectivity index (χ3v) is 14.8. The van der Waals surface area contributed by atoms with E-state index >= 15 is 0 Å². The van der Waals surface area contributed by atoms with Gasteiger partial charge in [0.2, 0.25) is 0 Å². The Morgan fingerprint density at radius 1 is 0.475 bits per heavy atom. The average molecular weight is 767 g/mol. The van der Waals surface area contributed by atoms with E-state index in [1.165, 1.54) is 122 Å². The van der Waals surface area contributed by atoms with Crippen molar-refractivity contribution in [2.24, 2.45) is 0 Å². The fraction of sp³-hybridized carbons (Fsp3) is 0.263. The molecule has 0 N–H and O–H groups in total. The molecule has 1 saturated carbocycles. The Hall–Kier alpha value is -5.86. The molecule has 292 valence electrons. The Labute approximate surface area is 351 Å². The summed E-state index contributed by atoms with van der Waals surface area (Å²) in [5.74, 6) is 0.668. The van der Waals surface area contributed by atoms with Crippen LogP contribution in [0.1, 0.15) is 109 Å². The maximum absolute atomic E-state index is 2.66. The molecule has 2 nitrogen and oxygen atoms in total. The Kier molecular flexibility index (Phi) is 8.70. The molecular weight excluding hydrogens is 713 g/mol. The Morgan fingerprint density at radius 2 is 1.03 bits per heavy atom. The van der Waals surface area contributed by atoms with Gasteiger partial charge in [0.1, 0.15) is 0 Å². The van der Waals surface area contributed by atoms with Gasteiger partial charge < -0.3 is 9.80 Å². The van der Waals surface area contributed by atoms with E-state index in [2.05, 4.69) is 188 Å². The zero-order valence-electron chi connectivity index (χ0n) is 34.8. The third-order valence-electron chi connectivity index (χ3n) is 14.8. The summed E-state index contributed by atoms with van der Waals surface area (Å²) in [6, 6.07) is 60.1. The molecule has 1 atom stereocenters. The summed E-state index contributed by atoms with van der Waals surface area (Å²) in [6.07, 6.45) is 11.1. The van der Waals surface area contributed by atoms with Gasteiger partial charge >= 0.3 is 0 Å². The van der Waals surface area contributed by atoms with Crippen molar-refractivity contribution in [2.75, 3.05) is 9.80 Å². The quantitative estimate of drug-likeness (QED) is 0.159. The molecule has 2 heteroatoms. The average Bonchev–Trinajstić information content (AvgIpc) is 3.93. The van der Waals surface area contributed by atoms with Crippen molar-refractivity contribution in [3.63, 3.8) is 0 Å². The summed E-state index contributed by atoms with van der Waals surface area (Å²) in [5.41, 5.74) is 21.9. The minimum atomic E-state index is -0.126. The molecule has 7 aromatic carbocycles. The minimum Gasteiger partial charge on any atom is -0.310 e. The highest BCUT2D eigenvalue weighted by Gasteiger charge is 2.49. The molecule has 0 unspecified atom stereocenters. The zero-order valence-corrected chi connectivity index (χ0v) is 34.8. The summed E-state index contributed by atoms with van der Waals surface area (Å²) < 4.78 is 0. The fourth-order valence-corrected chi connectivity index (χ4v) is 12.0. The molecule has 0 heterocycles. The van der Waals surface area contributed by atoms with Gasteiger partial charge in [-0.15, -0.1) is 0 Å². The van der Waals surface area contributed by atoms with Crippen LogP contribution < -0.4 is 9.80 Å². The first kappa shape index (κ1) is 36.2. The summed E-state index contributed by atoms with van der Waals surface area (Å²) in [5, 5.41) is 0. The van der Waals surface area contributed by atoms with E-state index in [0.717, 1.165) is 25.7 Å². The zero-order chi connectivity index (χ0) is 39.7. The summed E-state index contributed by atoms with van der Waals surface area (Å²) in [6.45, 7) is 7.18. The maximum atomic E-state index is 2.66. The second-order valence-corrected chi connectivity index (χ2v) is 18.3. The molecule has 0 saturated heterocycles. The second-order valence-electron chi connectivity index (χ2n) is 18.3. The van der Waals surface area contributed by atoms with Gasteiger partial charge in [0.15, 0.2) is 0 Å². The second kappa shape index (κ2) is 14.2. The largest absolute Gasteiger partial charge is 0.310 e. The normalized spacial score (nSPS) is 18.6. The van der Waals surface area contributed by atoms with Crippen LogP contribution in [0.25, 0.3) is 11.1 Å². The van der Waals surface area contributed by atoms with Crippen molar-refractivity contribution in [2.45, 2.75) is 95.3 Å². The van der Waals surface area contributed by atoms with E-state index < -0.39 is 0 Å². The molecule has 0 bridgehead atoms. The van der Waals surface area contributed by atoms with Crippen LogP contribution in [0.15, 0.2) is 158 Å². The van der Waals surface area contributed by atoms with Crippen molar-refractivity contribution in [3.05, 3.63) is 202 Å². The topological polar surface area (TPSA) is 6.48 Å². The molecule has 1 spiro atoms. The van der Waals surface area contributed by atoms with Crippen molar-refractivity contribution < 1.29 is 0 Å². The molecule has 4 aliphatic carbocycles. The predicted molar refractivity (Wildman–Crippen MR) is 248 cm³/mol. The molecule has 4 aliphatic rings. The molecule has 1 fully saturated rings. The number of anilines is 6. The van der Waals surface area contributed by atoms with Gasteiger partial charge in [-0.3, -0.25) is 0 Å². The van der Waals surface area contributed by atoms with Gasteiger partial charge in [-0.2, -0.15) is 0 Å². The first-order chi connectivity index (χ1) is 28.9. The first-order valence-electron chi connectivity index (χ1n) is 22.2. The van der Waals surface area contributed by atoms with Crippen LogP contribution >= 0.6 is 0 Å². The Balaban J connectivity index is 1.13. The van der Waals surface area contributed by atoms with Crippen molar-refractivity contribution in [1.29, 1.82) is 0 Å². The lowest BCUT2D eigenvalue weighted by molar-refractivity contribution is 0.443. The van der Waals surface area contributed by atoms with E-state index in [0.29, 0.717) is 5.92 Å².